The quantitative estimate of drug-likeness (QED) is 0.782. The predicted octanol–water partition coefficient (Wildman–Crippen LogP) is 3.92. The first-order chi connectivity index (χ1) is 10.0. The highest BCUT2D eigenvalue weighted by Crippen LogP contribution is 2.22. The van der Waals surface area contributed by atoms with Gasteiger partial charge in [-0.15, -0.1) is 0 Å². The van der Waals surface area contributed by atoms with Crippen molar-refractivity contribution in [2.75, 3.05) is 7.11 Å². The molecule has 0 bridgehead atoms. The summed E-state index contributed by atoms with van der Waals surface area (Å²) in [5.41, 5.74) is 2.23. The summed E-state index contributed by atoms with van der Waals surface area (Å²) < 4.78 is 24.1. The topological polar surface area (TPSA) is 35.5 Å². The number of carbonyl (C=O) groups excluding carboxylic acids is 1. The zero-order chi connectivity index (χ0) is 15.4. The molecule has 0 spiro atoms. The van der Waals surface area contributed by atoms with Gasteiger partial charge in [-0.2, -0.15) is 0 Å². The Hall–Kier alpha value is -2.36. The number of aryl methyl sites for hydroxylation is 1. The molecule has 0 radical (unpaired) electrons. The van der Waals surface area contributed by atoms with Gasteiger partial charge in [0.25, 0.3) is 0 Å². The summed E-state index contributed by atoms with van der Waals surface area (Å²) in [5, 5.41) is 0. The van der Waals surface area contributed by atoms with Crippen molar-refractivity contribution in [2.45, 2.75) is 20.5 Å². The molecule has 0 saturated heterocycles. The summed E-state index contributed by atoms with van der Waals surface area (Å²) in [6.07, 6.45) is 0. The van der Waals surface area contributed by atoms with Gasteiger partial charge in [0.1, 0.15) is 12.4 Å². The monoisotopic (exact) mass is 288 g/mol. The smallest absolute Gasteiger partial charge is 0.165 e. The maximum absolute atomic E-state index is 13.6. The first-order valence-electron chi connectivity index (χ1n) is 6.58. The van der Waals surface area contributed by atoms with Crippen LogP contribution in [0.15, 0.2) is 36.4 Å². The van der Waals surface area contributed by atoms with Crippen molar-refractivity contribution in [3.8, 4) is 11.5 Å². The second-order valence-corrected chi connectivity index (χ2v) is 4.79. The van der Waals surface area contributed by atoms with Crippen LogP contribution in [0.1, 0.15) is 28.4 Å². The van der Waals surface area contributed by atoms with E-state index in [9.17, 15) is 9.18 Å². The maximum atomic E-state index is 13.6. The Morgan fingerprint density at radius 2 is 1.86 bits per heavy atom. The second kappa shape index (κ2) is 6.39. The molecule has 2 rings (SSSR count). The highest BCUT2D eigenvalue weighted by atomic mass is 19.1. The number of benzene rings is 2. The van der Waals surface area contributed by atoms with Crippen LogP contribution in [0.2, 0.25) is 0 Å². The van der Waals surface area contributed by atoms with Crippen LogP contribution in [-0.4, -0.2) is 12.9 Å². The van der Waals surface area contributed by atoms with Crippen LogP contribution in [0.5, 0.6) is 11.5 Å². The Labute approximate surface area is 123 Å². The second-order valence-electron chi connectivity index (χ2n) is 4.79. The van der Waals surface area contributed by atoms with E-state index in [1.165, 1.54) is 20.1 Å². The third-order valence-corrected chi connectivity index (χ3v) is 3.19. The van der Waals surface area contributed by atoms with Gasteiger partial charge in [0.15, 0.2) is 17.3 Å². The van der Waals surface area contributed by atoms with Crippen molar-refractivity contribution in [3.05, 3.63) is 58.9 Å². The van der Waals surface area contributed by atoms with Crippen LogP contribution in [0.4, 0.5) is 4.39 Å². The van der Waals surface area contributed by atoms with E-state index in [0.717, 1.165) is 5.56 Å². The molecule has 0 aliphatic heterocycles. The van der Waals surface area contributed by atoms with Crippen molar-refractivity contribution in [1.82, 2.24) is 0 Å². The highest BCUT2D eigenvalue weighted by molar-refractivity contribution is 5.94. The molecular weight excluding hydrogens is 271 g/mol. The fraction of sp³-hybridized carbons (Fsp3) is 0.235. The number of ether oxygens (including phenoxy) is 2. The number of methoxy groups -OCH3 is 1. The first kappa shape index (κ1) is 15.0. The van der Waals surface area contributed by atoms with E-state index in [1.807, 2.05) is 6.92 Å². The van der Waals surface area contributed by atoms with Crippen molar-refractivity contribution in [2.24, 2.45) is 0 Å². The fourth-order valence-electron chi connectivity index (χ4n) is 1.99. The van der Waals surface area contributed by atoms with E-state index in [2.05, 4.69) is 0 Å². The van der Waals surface area contributed by atoms with E-state index in [4.69, 9.17) is 9.47 Å². The zero-order valence-electron chi connectivity index (χ0n) is 12.3. The average molecular weight is 288 g/mol. The Morgan fingerprint density at radius 3 is 2.43 bits per heavy atom. The van der Waals surface area contributed by atoms with Gasteiger partial charge in [-0.05, 0) is 55.3 Å². The molecule has 0 aromatic heterocycles. The van der Waals surface area contributed by atoms with Crippen LogP contribution in [0.25, 0.3) is 0 Å². The first-order valence-corrected chi connectivity index (χ1v) is 6.58. The standard InChI is InChI=1S/C17H17FO3/c1-11-8-14(12(2)19)5-7-16(11)21-10-13-4-6-17(20-3)15(18)9-13/h4-9H,10H2,1-3H3. The largest absolute Gasteiger partial charge is 0.494 e. The lowest BCUT2D eigenvalue weighted by Crippen LogP contribution is -2.00. The van der Waals surface area contributed by atoms with Gasteiger partial charge in [-0.25, -0.2) is 4.39 Å². The molecule has 21 heavy (non-hydrogen) atoms. The summed E-state index contributed by atoms with van der Waals surface area (Å²) in [5.74, 6) is 0.487. The molecule has 0 unspecified atom stereocenters. The molecule has 3 nitrogen and oxygen atoms in total. The van der Waals surface area contributed by atoms with Crippen molar-refractivity contribution >= 4 is 5.78 Å². The fourth-order valence-corrected chi connectivity index (χ4v) is 1.99. The number of hydrogen-bond acceptors (Lipinski definition) is 3. The summed E-state index contributed by atoms with van der Waals surface area (Å²) in [6.45, 7) is 3.65. The molecule has 0 N–H and O–H groups in total. The number of halogens is 1. The van der Waals surface area contributed by atoms with Gasteiger partial charge < -0.3 is 9.47 Å². The number of Topliss-reactive ketones (excluding diaryl/α,β-unsaturated/α-hetero) is 1. The van der Waals surface area contributed by atoms with E-state index in [0.29, 0.717) is 16.9 Å². The highest BCUT2D eigenvalue weighted by Gasteiger charge is 2.07. The third kappa shape index (κ3) is 3.60. The van der Waals surface area contributed by atoms with Gasteiger partial charge in [-0.1, -0.05) is 6.07 Å². The van der Waals surface area contributed by atoms with Crippen LogP contribution in [0.3, 0.4) is 0 Å². The third-order valence-electron chi connectivity index (χ3n) is 3.19. The summed E-state index contributed by atoms with van der Waals surface area (Å²) in [6, 6.07) is 9.97. The molecule has 2 aromatic carbocycles. The Balaban J connectivity index is 2.09. The molecule has 0 heterocycles. The van der Waals surface area contributed by atoms with Gasteiger partial charge in [0, 0.05) is 5.56 Å². The van der Waals surface area contributed by atoms with Gasteiger partial charge in [0.2, 0.25) is 0 Å². The Morgan fingerprint density at radius 1 is 1.14 bits per heavy atom. The minimum absolute atomic E-state index is 0.0156. The molecule has 110 valence electrons. The predicted molar refractivity (Wildman–Crippen MR) is 78.5 cm³/mol. The van der Waals surface area contributed by atoms with Gasteiger partial charge in [0.05, 0.1) is 7.11 Å². The maximum Gasteiger partial charge on any atom is 0.165 e. The molecule has 0 aliphatic carbocycles. The van der Waals surface area contributed by atoms with Crippen LogP contribution in [0, 0.1) is 12.7 Å². The number of carbonyl (C=O) groups is 1. The Kier molecular flexibility index (Phi) is 4.58. The molecule has 2 aromatic rings. The summed E-state index contributed by atoms with van der Waals surface area (Å²) in [4.78, 5) is 11.3. The molecule has 4 heteroatoms. The lowest BCUT2D eigenvalue weighted by Gasteiger charge is -2.11. The van der Waals surface area contributed by atoms with Gasteiger partial charge >= 0.3 is 0 Å². The van der Waals surface area contributed by atoms with E-state index < -0.39 is 5.82 Å². The summed E-state index contributed by atoms with van der Waals surface area (Å²) in [7, 11) is 1.43. The van der Waals surface area contributed by atoms with Crippen LogP contribution in [-0.2, 0) is 6.61 Å². The van der Waals surface area contributed by atoms with E-state index in [-0.39, 0.29) is 18.1 Å². The molecule has 0 fully saturated rings. The van der Waals surface area contributed by atoms with E-state index in [1.54, 1.807) is 30.3 Å². The lowest BCUT2D eigenvalue weighted by atomic mass is 10.1. The SMILES string of the molecule is COc1ccc(COc2ccc(C(C)=O)cc2C)cc1F. The lowest BCUT2D eigenvalue weighted by molar-refractivity contribution is 0.101. The number of hydrogen-bond donors (Lipinski definition) is 0. The zero-order valence-corrected chi connectivity index (χ0v) is 12.3. The van der Waals surface area contributed by atoms with Crippen molar-refractivity contribution < 1.29 is 18.7 Å². The molecule has 0 atom stereocenters. The van der Waals surface area contributed by atoms with Crippen molar-refractivity contribution in [3.63, 3.8) is 0 Å². The average Bonchev–Trinajstić information content (AvgIpc) is 2.46. The minimum Gasteiger partial charge on any atom is -0.494 e. The molecule has 0 saturated carbocycles. The van der Waals surface area contributed by atoms with Crippen LogP contribution >= 0.6 is 0 Å². The van der Waals surface area contributed by atoms with Crippen LogP contribution < -0.4 is 9.47 Å². The van der Waals surface area contributed by atoms with Gasteiger partial charge in [-0.3, -0.25) is 4.79 Å². The molecular formula is C17H17FO3. The van der Waals surface area contributed by atoms with Crippen molar-refractivity contribution in [1.29, 1.82) is 0 Å². The molecule has 0 amide bonds. The normalized spacial score (nSPS) is 10.3. The van der Waals surface area contributed by atoms with E-state index >= 15 is 0 Å². The summed E-state index contributed by atoms with van der Waals surface area (Å²) >= 11 is 0. The minimum atomic E-state index is -0.415. The number of rotatable bonds is 5. The number of ketones is 1. The molecule has 0 aliphatic rings. The Bertz CT molecular complexity index is 665.